The summed E-state index contributed by atoms with van der Waals surface area (Å²) < 4.78 is 57.2. The highest BCUT2D eigenvalue weighted by atomic mass is 35.5. The Hall–Kier alpha value is -2.65. The van der Waals surface area contributed by atoms with Gasteiger partial charge in [-0.2, -0.15) is 13.2 Å². The first-order chi connectivity index (χ1) is 14.7. The number of rotatable bonds is 6. The molecule has 1 amide bonds. The van der Waals surface area contributed by atoms with Crippen molar-refractivity contribution < 1.29 is 31.9 Å². The lowest BCUT2D eigenvalue weighted by molar-refractivity contribution is -0.140. The fourth-order valence-electron chi connectivity index (χ4n) is 3.38. The first kappa shape index (κ1) is 25.6. The second-order valence-corrected chi connectivity index (χ2v) is 7.32. The van der Waals surface area contributed by atoms with E-state index < -0.39 is 29.4 Å². The molecule has 0 radical (unpaired) electrons. The highest BCUT2D eigenvalue weighted by Crippen LogP contribution is 2.32. The maximum Gasteiger partial charge on any atom is 0.419 e. The molecule has 1 aliphatic heterocycles. The number of hydrogen-bond acceptors (Lipinski definition) is 4. The van der Waals surface area contributed by atoms with E-state index in [4.69, 9.17) is 4.74 Å². The van der Waals surface area contributed by atoms with Gasteiger partial charge in [-0.3, -0.25) is 4.79 Å². The van der Waals surface area contributed by atoms with Gasteiger partial charge in [0.25, 0.3) is 0 Å². The predicted octanol–water partition coefficient (Wildman–Crippen LogP) is 4.84. The molecule has 0 spiro atoms. The topological polar surface area (TPSA) is 58.6 Å². The molecule has 1 atom stereocenters. The van der Waals surface area contributed by atoms with Crippen molar-refractivity contribution >= 4 is 24.3 Å². The first-order valence-corrected chi connectivity index (χ1v) is 9.83. The quantitative estimate of drug-likeness (QED) is 0.481. The van der Waals surface area contributed by atoms with Gasteiger partial charge in [0.1, 0.15) is 12.4 Å². The minimum absolute atomic E-state index is 0. The summed E-state index contributed by atoms with van der Waals surface area (Å²) in [7, 11) is 0. The molecule has 0 aliphatic carbocycles. The van der Waals surface area contributed by atoms with Crippen LogP contribution in [0.25, 0.3) is 0 Å². The summed E-state index contributed by atoms with van der Waals surface area (Å²) in [6.45, 7) is 0.768. The first-order valence-electron chi connectivity index (χ1n) is 9.83. The van der Waals surface area contributed by atoms with Gasteiger partial charge in [0.15, 0.2) is 5.78 Å². The van der Waals surface area contributed by atoms with Gasteiger partial charge in [-0.05, 0) is 36.6 Å². The number of nitrogens with zero attached hydrogens (tertiary/aromatic N) is 1. The van der Waals surface area contributed by atoms with Crippen LogP contribution in [0.15, 0.2) is 48.5 Å². The van der Waals surface area contributed by atoms with Crippen LogP contribution in [0.3, 0.4) is 0 Å². The lowest BCUT2D eigenvalue weighted by atomic mass is 10.0. The Morgan fingerprint density at radius 1 is 1.12 bits per heavy atom. The van der Waals surface area contributed by atoms with Crippen LogP contribution >= 0.6 is 12.4 Å². The Morgan fingerprint density at radius 3 is 2.53 bits per heavy atom. The Balaban J connectivity index is 0.00000363. The van der Waals surface area contributed by atoms with Crippen molar-refractivity contribution in [1.82, 2.24) is 10.2 Å². The summed E-state index contributed by atoms with van der Waals surface area (Å²) in [6.07, 6.45) is -3.94. The van der Waals surface area contributed by atoms with Crippen molar-refractivity contribution in [2.75, 3.05) is 19.6 Å². The number of Topliss-reactive ketones (excluding diaryl/α,β-unsaturated/α-hetero) is 1. The van der Waals surface area contributed by atoms with E-state index in [-0.39, 0.29) is 37.2 Å². The number of carbonyl (C=O) groups excluding carboxylic acids is 2. The highest BCUT2D eigenvalue weighted by Gasteiger charge is 2.34. The second kappa shape index (κ2) is 11.3. The number of hydrogen-bond donors (Lipinski definition) is 1. The van der Waals surface area contributed by atoms with E-state index >= 15 is 0 Å². The number of likely N-dealkylation sites (tertiary alicyclic amines) is 1. The minimum atomic E-state index is -4.88. The Morgan fingerprint density at radius 2 is 1.84 bits per heavy atom. The minimum Gasteiger partial charge on any atom is -0.445 e. The number of piperidine rings is 1. The van der Waals surface area contributed by atoms with Gasteiger partial charge < -0.3 is 15.0 Å². The van der Waals surface area contributed by atoms with Crippen molar-refractivity contribution in [1.29, 1.82) is 0 Å². The van der Waals surface area contributed by atoms with Crippen LogP contribution in [-0.2, 0) is 17.5 Å². The summed E-state index contributed by atoms with van der Waals surface area (Å²) in [5, 5.41) is 2.98. The number of carbonyl (C=O) groups is 2. The van der Waals surface area contributed by atoms with Crippen molar-refractivity contribution in [3.63, 3.8) is 0 Å². The standard InChI is InChI=1S/C22H22F4N2O3.ClH/c23-19-9-8-16(11-18(19)22(24,25)26)20(29)12-27-17-7-4-10-28(13-17)21(30)31-14-15-5-2-1-3-6-15;/h1-3,5-6,8-9,11,17,27H,4,7,10,12-14H2;1H. The molecule has 174 valence electrons. The van der Waals surface area contributed by atoms with Crippen LogP contribution in [-0.4, -0.2) is 42.5 Å². The van der Waals surface area contributed by atoms with Crippen molar-refractivity contribution in [2.45, 2.75) is 31.7 Å². The number of nitrogens with one attached hydrogen (secondary N) is 1. The van der Waals surface area contributed by atoms with E-state index in [1.807, 2.05) is 30.3 Å². The third-order valence-electron chi connectivity index (χ3n) is 5.03. The van der Waals surface area contributed by atoms with Gasteiger partial charge in [0.2, 0.25) is 0 Å². The number of alkyl halides is 3. The van der Waals surface area contributed by atoms with E-state index in [1.54, 1.807) is 0 Å². The number of amides is 1. The average Bonchev–Trinajstić information content (AvgIpc) is 2.76. The fourth-order valence-corrected chi connectivity index (χ4v) is 3.38. The molecule has 3 rings (SSSR count). The van der Waals surface area contributed by atoms with Crippen LogP contribution in [0.5, 0.6) is 0 Å². The summed E-state index contributed by atoms with van der Waals surface area (Å²) >= 11 is 0. The molecule has 10 heteroatoms. The summed E-state index contributed by atoms with van der Waals surface area (Å²) in [4.78, 5) is 26.1. The largest absolute Gasteiger partial charge is 0.445 e. The SMILES string of the molecule is Cl.O=C(CNC1CCCN(C(=O)OCc2ccccc2)C1)c1ccc(F)c(C(F)(F)F)c1. The van der Waals surface area contributed by atoms with Crippen LogP contribution in [0, 0.1) is 5.82 Å². The van der Waals surface area contributed by atoms with E-state index in [0.717, 1.165) is 11.6 Å². The number of halogens is 5. The third kappa shape index (κ3) is 6.93. The molecule has 0 aromatic heterocycles. The number of benzene rings is 2. The van der Waals surface area contributed by atoms with Gasteiger partial charge in [0, 0.05) is 24.7 Å². The molecule has 0 bridgehead atoms. The number of ketones is 1. The van der Waals surface area contributed by atoms with Crippen LogP contribution in [0.4, 0.5) is 22.4 Å². The molecule has 1 N–H and O–H groups in total. The van der Waals surface area contributed by atoms with E-state index in [9.17, 15) is 27.2 Å². The summed E-state index contributed by atoms with van der Waals surface area (Å²) in [5.41, 5.74) is -0.829. The molecule has 1 saturated heterocycles. The van der Waals surface area contributed by atoms with Crippen LogP contribution in [0.1, 0.15) is 34.3 Å². The lowest BCUT2D eigenvalue weighted by Gasteiger charge is -2.32. The number of ether oxygens (including phenoxy) is 1. The Bertz CT molecular complexity index is 925. The fraction of sp³-hybridized carbons (Fsp3) is 0.364. The monoisotopic (exact) mass is 474 g/mol. The normalized spacial score (nSPS) is 16.2. The molecule has 1 heterocycles. The smallest absolute Gasteiger partial charge is 0.419 e. The van der Waals surface area contributed by atoms with Crippen molar-refractivity contribution in [2.24, 2.45) is 0 Å². The molecule has 2 aromatic carbocycles. The van der Waals surface area contributed by atoms with Crippen molar-refractivity contribution in [3.05, 3.63) is 71.0 Å². The molecule has 1 aliphatic rings. The van der Waals surface area contributed by atoms with E-state index in [2.05, 4.69) is 5.32 Å². The Kier molecular flexibility index (Phi) is 9.03. The van der Waals surface area contributed by atoms with Crippen LogP contribution < -0.4 is 5.32 Å². The molecule has 1 unspecified atom stereocenters. The van der Waals surface area contributed by atoms with Gasteiger partial charge >= 0.3 is 12.3 Å². The van der Waals surface area contributed by atoms with Gasteiger partial charge in [-0.1, -0.05) is 30.3 Å². The molecular formula is C22H23ClF4N2O3. The predicted molar refractivity (Wildman–Crippen MR) is 112 cm³/mol. The zero-order chi connectivity index (χ0) is 22.4. The van der Waals surface area contributed by atoms with Gasteiger partial charge in [0.05, 0.1) is 12.1 Å². The molecule has 32 heavy (non-hydrogen) atoms. The van der Waals surface area contributed by atoms with E-state index in [0.29, 0.717) is 38.1 Å². The van der Waals surface area contributed by atoms with Gasteiger partial charge in [-0.25, -0.2) is 9.18 Å². The second-order valence-electron chi connectivity index (χ2n) is 7.32. The summed E-state index contributed by atoms with van der Waals surface area (Å²) in [5.74, 6) is -2.01. The van der Waals surface area contributed by atoms with Gasteiger partial charge in [-0.15, -0.1) is 12.4 Å². The third-order valence-corrected chi connectivity index (χ3v) is 5.03. The maximum atomic E-state index is 13.4. The molecule has 5 nitrogen and oxygen atoms in total. The summed E-state index contributed by atoms with van der Waals surface area (Å²) in [6, 6.07) is 11.2. The zero-order valence-electron chi connectivity index (χ0n) is 17.0. The van der Waals surface area contributed by atoms with Crippen LogP contribution in [0.2, 0.25) is 0 Å². The Labute approximate surface area is 189 Å². The molecule has 0 saturated carbocycles. The highest BCUT2D eigenvalue weighted by molar-refractivity contribution is 5.97. The zero-order valence-corrected chi connectivity index (χ0v) is 17.8. The molecule has 2 aromatic rings. The average molecular weight is 475 g/mol. The molecular weight excluding hydrogens is 452 g/mol. The van der Waals surface area contributed by atoms with Crippen molar-refractivity contribution in [3.8, 4) is 0 Å². The molecule has 1 fully saturated rings. The lowest BCUT2D eigenvalue weighted by Crippen LogP contribution is -2.49. The van der Waals surface area contributed by atoms with E-state index in [1.165, 1.54) is 4.90 Å². The maximum absolute atomic E-state index is 13.4.